The van der Waals surface area contributed by atoms with Gasteiger partial charge in [-0.15, -0.1) is 0 Å². The molecule has 8 heteroatoms. The second-order valence-electron chi connectivity index (χ2n) is 5.23. The monoisotopic (exact) mass is 407 g/mol. The van der Waals surface area contributed by atoms with Gasteiger partial charge in [-0.1, -0.05) is 35.3 Å². The van der Waals surface area contributed by atoms with Crippen LogP contribution < -0.4 is 5.32 Å². The average Bonchev–Trinajstić information content (AvgIpc) is 2.67. The largest absolute Gasteiger partial charge is 0.465 e. The van der Waals surface area contributed by atoms with Gasteiger partial charge in [0.25, 0.3) is 5.91 Å². The second-order valence-corrected chi connectivity index (χ2v) is 6.05. The van der Waals surface area contributed by atoms with Crippen LogP contribution in [0.3, 0.4) is 0 Å². The topological polar surface area (TPSA) is 81.7 Å². The summed E-state index contributed by atoms with van der Waals surface area (Å²) in [4.78, 5) is 34.8. The highest BCUT2D eigenvalue weighted by Crippen LogP contribution is 2.24. The van der Waals surface area contributed by atoms with Crippen molar-refractivity contribution in [3.63, 3.8) is 0 Å². The van der Waals surface area contributed by atoms with E-state index in [4.69, 9.17) is 27.9 Å². The lowest BCUT2D eigenvalue weighted by Gasteiger charge is -2.06. The van der Waals surface area contributed by atoms with Crippen LogP contribution in [0.5, 0.6) is 0 Å². The average molecular weight is 408 g/mol. The van der Waals surface area contributed by atoms with Gasteiger partial charge in [0.2, 0.25) is 0 Å². The number of anilines is 1. The van der Waals surface area contributed by atoms with E-state index in [2.05, 4.69) is 10.1 Å². The molecule has 0 saturated carbocycles. The summed E-state index contributed by atoms with van der Waals surface area (Å²) in [6.45, 7) is -0.454. The summed E-state index contributed by atoms with van der Waals surface area (Å²) >= 11 is 11.6. The quantitative estimate of drug-likeness (QED) is 0.578. The zero-order valence-corrected chi connectivity index (χ0v) is 15.7. The fourth-order valence-electron chi connectivity index (χ4n) is 1.97. The maximum absolute atomic E-state index is 11.8. The maximum atomic E-state index is 11.8. The Bertz CT molecular complexity index is 878. The molecule has 0 fully saturated rings. The third-order valence-electron chi connectivity index (χ3n) is 3.29. The molecule has 0 aliphatic heterocycles. The molecule has 0 atom stereocenters. The Hall–Kier alpha value is -2.83. The van der Waals surface area contributed by atoms with Crippen LogP contribution in [0.1, 0.15) is 15.9 Å². The summed E-state index contributed by atoms with van der Waals surface area (Å²) in [7, 11) is 1.30. The molecule has 2 aromatic carbocycles. The molecule has 0 saturated heterocycles. The first-order valence-corrected chi connectivity index (χ1v) is 8.43. The molecule has 0 heterocycles. The molecular formula is C19H15Cl2NO5. The van der Waals surface area contributed by atoms with Crippen LogP contribution >= 0.6 is 23.2 Å². The van der Waals surface area contributed by atoms with Crippen LogP contribution in [0.15, 0.2) is 48.5 Å². The number of hydrogen-bond donors (Lipinski definition) is 1. The summed E-state index contributed by atoms with van der Waals surface area (Å²) in [5.74, 6) is -1.65. The minimum absolute atomic E-state index is 0.299. The lowest BCUT2D eigenvalue weighted by molar-refractivity contribution is -0.142. The highest BCUT2D eigenvalue weighted by atomic mass is 35.5. The molecule has 2 aromatic rings. The number of halogens is 2. The minimum atomic E-state index is -0.684. The van der Waals surface area contributed by atoms with Crippen molar-refractivity contribution >= 4 is 52.8 Å². The van der Waals surface area contributed by atoms with Gasteiger partial charge >= 0.3 is 11.9 Å². The Labute approximate surface area is 165 Å². The first kappa shape index (κ1) is 20.5. The van der Waals surface area contributed by atoms with Gasteiger partial charge < -0.3 is 14.8 Å². The third-order valence-corrected chi connectivity index (χ3v) is 4.03. The Morgan fingerprint density at radius 1 is 1.04 bits per heavy atom. The predicted octanol–water partition coefficient (Wildman–Crippen LogP) is 3.98. The van der Waals surface area contributed by atoms with Gasteiger partial charge in [0.15, 0.2) is 6.61 Å². The molecule has 27 heavy (non-hydrogen) atoms. The maximum Gasteiger partial charge on any atom is 0.337 e. The summed E-state index contributed by atoms with van der Waals surface area (Å²) in [6.07, 6.45) is 2.68. The van der Waals surface area contributed by atoms with Gasteiger partial charge in [0.1, 0.15) is 0 Å². The molecular weight excluding hydrogens is 393 g/mol. The zero-order chi connectivity index (χ0) is 19.8. The summed E-state index contributed by atoms with van der Waals surface area (Å²) in [5, 5.41) is 3.20. The van der Waals surface area contributed by atoms with E-state index >= 15 is 0 Å². The number of amides is 1. The Morgan fingerprint density at radius 2 is 1.74 bits per heavy atom. The number of rotatable bonds is 6. The third kappa shape index (κ3) is 6.44. The molecule has 0 radical (unpaired) electrons. The number of esters is 2. The Morgan fingerprint density at radius 3 is 2.37 bits per heavy atom. The van der Waals surface area contributed by atoms with Crippen molar-refractivity contribution in [2.24, 2.45) is 0 Å². The fourth-order valence-corrected chi connectivity index (χ4v) is 2.27. The molecule has 0 unspecified atom stereocenters. The van der Waals surface area contributed by atoms with Gasteiger partial charge in [0.05, 0.1) is 22.7 Å². The summed E-state index contributed by atoms with van der Waals surface area (Å²) < 4.78 is 9.46. The molecule has 140 valence electrons. The molecule has 1 amide bonds. The highest BCUT2D eigenvalue weighted by molar-refractivity contribution is 6.42. The number of methoxy groups -OCH3 is 1. The molecule has 0 bridgehead atoms. The Kier molecular flexibility index (Phi) is 7.40. The van der Waals surface area contributed by atoms with E-state index in [-0.39, 0.29) is 0 Å². The van der Waals surface area contributed by atoms with Gasteiger partial charge in [-0.3, -0.25) is 4.79 Å². The van der Waals surface area contributed by atoms with Crippen molar-refractivity contribution in [2.45, 2.75) is 0 Å². The van der Waals surface area contributed by atoms with Gasteiger partial charge in [-0.05, 0) is 42.0 Å². The van der Waals surface area contributed by atoms with Crippen molar-refractivity contribution in [1.82, 2.24) is 0 Å². The van der Waals surface area contributed by atoms with E-state index in [0.717, 1.165) is 0 Å². The number of nitrogens with one attached hydrogen (secondary N) is 1. The zero-order valence-electron chi connectivity index (χ0n) is 14.2. The van der Waals surface area contributed by atoms with Crippen LogP contribution in [0, 0.1) is 0 Å². The summed E-state index contributed by atoms with van der Waals surface area (Å²) in [6, 6.07) is 11.0. The lowest BCUT2D eigenvalue weighted by atomic mass is 10.1. The van der Waals surface area contributed by atoms with E-state index in [9.17, 15) is 14.4 Å². The SMILES string of the molecule is COC(=O)c1ccc(/C=C/C(=O)OCC(=O)Nc2ccc(Cl)c(Cl)c2)cc1. The molecule has 1 N–H and O–H groups in total. The van der Waals surface area contributed by atoms with Crippen molar-refractivity contribution in [1.29, 1.82) is 0 Å². The van der Waals surface area contributed by atoms with Crippen molar-refractivity contribution in [3.05, 3.63) is 69.7 Å². The first-order chi connectivity index (χ1) is 12.9. The Balaban J connectivity index is 1.82. The summed E-state index contributed by atoms with van der Waals surface area (Å²) in [5.41, 5.74) is 1.52. The molecule has 6 nitrogen and oxygen atoms in total. The van der Waals surface area contributed by atoms with Crippen LogP contribution in [0.2, 0.25) is 10.0 Å². The molecule has 0 aromatic heterocycles. The van der Waals surface area contributed by atoms with Crippen molar-refractivity contribution in [2.75, 3.05) is 19.0 Å². The first-order valence-electron chi connectivity index (χ1n) is 7.67. The van der Waals surface area contributed by atoms with E-state index < -0.39 is 24.5 Å². The van der Waals surface area contributed by atoms with E-state index in [1.54, 1.807) is 36.4 Å². The van der Waals surface area contributed by atoms with Crippen molar-refractivity contribution < 1.29 is 23.9 Å². The lowest BCUT2D eigenvalue weighted by Crippen LogP contribution is -2.20. The van der Waals surface area contributed by atoms with E-state index in [1.807, 2.05) is 0 Å². The highest BCUT2D eigenvalue weighted by Gasteiger charge is 2.07. The van der Waals surface area contributed by atoms with Crippen molar-refractivity contribution in [3.8, 4) is 0 Å². The van der Waals surface area contributed by atoms with E-state index in [0.29, 0.717) is 26.9 Å². The van der Waals surface area contributed by atoms with Crippen LogP contribution in [0.4, 0.5) is 5.69 Å². The number of benzene rings is 2. The fraction of sp³-hybridized carbons (Fsp3) is 0.105. The van der Waals surface area contributed by atoms with Gasteiger partial charge in [-0.2, -0.15) is 0 Å². The number of ether oxygens (including phenoxy) is 2. The number of carbonyl (C=O) groups excluding carboxylic acids is 3. The van der Waals surface area contributed by atoms with Gasteiger partial charge in [0, 0.05) is 11.8 Å². The second kappa shape index (κ2) is 9.75. The smallest absolute Gasteiger partial charge is 0.337 e. The van der Waals surface area contributed by atoms with Gasteiger partial charge in [-0.25, -0.2) is 9.59 Å². The predicted molar refractivity (Wildman–Crippen MR) is 103 cm³/mol. The van der Waals surface area contributed by atoms with Crippen LogP contribution in [0.25, 0.3) is 6.08 Å². The number of hydrogen-bond acceptors (Lipinski definition) is 5. The molecule has 0 aliphatic carbocycles. The molecule has 2 rings (SSSR count). The number of carbonyl (C=O) groups is 3. The van der Waals surface area contributed by atoms with Crippen LogP contribution in [-0.4, -0.2) is 31.6 Å². The normalized spacial score (nSPS) is 10.5. The molecule has 0 spiro atoms. The molecule has 0 aliphatic rings. The minimum Gasteiger partial charge on any atom is -0.465 e. The standard InChI is InChI=1S/C19H15Cl2NO5/c1-26-19(25)13-5-2-12(3-6-13)4-9-18(24)27-11-17(23)22-14-7-8-15(20)16(21)10-14/h2-10H,11H2,1H3,(H,22,23)/b9-4+. The van der Waals surface area contributed by atoms with E-state index in [1.165, 1.54) is 25.3 Å². The van der Waals surface area contributed by atoms with Crippen LogP contribution in [-0.2, 0) is 19.1 Å².